The normalized spacial score (nSPS) is 26.6. The molecule has 1 aliphatic heterocycles. The molecule has 2 aromatic rings. The van der Waals surface area contributed by atoms with Crippen LogP contribution in [0.25, 0.3) is 0 Å². The number of alkyl carbamates (subject to hydrolysis) is 1. The van der Waals surface area contributed by atoms with Crippen molar-refractivity contribution in [2.24, 2.45) is 17.8 Å². The minimum Gasteiger partial charge on any atom is -0.444 e. The third-order valence-electron chi connectivity index (χ3n) is 8.08. The minimum absolute atomic E-state index is 0.0247. The molecule has 2 fully saturated rings. The monoisotopic (exact) mass is 508 g/mol. The number of hydrogen-bond donors (Lipinski definition) is 1. The van der Waals surface area contributed by atoms with Gasteiger partial charge >= 0.3 is 12.2 Å². The molecule has 1 N–H and O–H groups in total. The van der Waals surface area contributed by atoms with Crippen LogP contribution in [0.5, 0.6) is 0 Å². The van der Waals surface area contributed by atoms with Gasteiger partial charge in [0.1, 0.15) is 17.0 Å². The first-order valence-corrected chi connectivity index (χ1v) is 13.3. The minimum atomic E-state index is -0.703. The van der Waals surface area contributed by atoms with Crippen LogP contribution in [0.1, 0.15) is 70.2 Å². The van der Waals surface area contributed by atoms with Crippen LogP contribution in [0.2, 0.25) is 0 Å². The summed E-state index contributed by atoms with van der Waals surface area (Å²) in [6.07, 6.45) is 1.74. The standard InChI is InChI=1S/C30H37FN2O4/c1-29(2,3)36-27(34)32-25-17-24(22-16-23(22)25)30(4,5)37-28(35)33-15-14-18-8-6-7-9-21(18)26(33)19-10-12-20(31)13-11-19/h6-13,22-26H,14-17H2,1-5H3,(H,32,34)/t22?,23?,24?,25?,26-/m0/s1. The zero-order valence-electron chi connectivity index (χ0n) is 22.3. The molecule has 5 rings (SSSR count). The number of benzene rings is 2. The Bertz CT molecular complexity index is 1170. The molecule has 6 nitrogen and oxygen atoms in total. The summed E-state index contributed by atoms with van der Waals surface area (Å²) >= 11 is 0. The molecule has 2 aliphatic carbocycles. The van der Waals surface area contributed by atoms with Gasteiger partial charge in [-0.2, -0.15) is 0 Å². The number of fused-ring (bicyclic) bond motifs is 2. The topological polar surface area (TPSA) is 67.9 Å². The lowest BCUT2D eigenvalue weighted by molar-refractivity contribution is -0.0342. The molecule has 2 saturated carbocycles. The Morgan fingerprint density at radius 3 is 2.35 bits per heavy atom. The van der Waals surface area contributed by atoms with Gasteiger partial charge in [-0.3, -0.25) is 4.90 Å². The summed E-state index contributed by atoms with van der Waals surface area (Å²) < 4.78 is 25.4. The SMILES string of the molecule is CC(C)(C)OC(=O)NC1CC(C(C)(C)OC(=O)N2CCc3ccccc3[C@@H]2c2ccc(F)cc2)C2CC12. The van der Waals surface area contributed by atoms with Gasteiger partial charge in [0.05, 0.1) is 6.04 Å². The fourth-order valence-electron chi connectivity index (χ4n) is 6.34. The third kappa shape index (κ3) is 5.32. The van der Waals surface area contributed by atoms with Crippen molar-refractivity contribution in [3.8, 4) is 0 Å². The van der Waals surface area contributed by atoms with E-state index in [0.29, 0.717) is 18.4 Å². The lowest BCUT2D eigenvalue weighted by atomic mass is 9.85. The quantitative estimate of drug-likeness (QED) is 0.531. The molecule has 1 heterocycles. The highest BCUT2D eigenvalue weighted by atomic mass is 19.1. The number of amides is 2. The van der Waals surface area contributed by atoms with E-state index in [1.54, 1.807) is 17.0 Å². The van der Waals surface area contributed by atoms with Crippen molar-refractivity contribution in [1.82, 2.24) is 10.2 Å². The van der Waals surface area contributed by atoms with Crippen molar-refractivity contribution in [2.75, 3.05) is 6.54 Å². The summed E-state index contributed by atoms with van der Waals surface area (Å²) in [7, 11) is 0. The Morgan fingerprint density at radius 1 is 0.946 bits per heavy atom. The second-order valence-corrected chi connectivity index (χ2v) is 12.2. The Kier molecular flexibility index (Phi) is 6.45. The lowest BCUT2D eigenvalue weighted by Gasteiger charge is -2.40. The van der Waals surface area contributed by atoms with E-state index in [1.807, 2.05) is 52.8 Å². The van der Waals surface area contributed by atoms with Crippen LogP contribution in [0, 0.1) is 23.6 Å². The molecule has 37 heavy (non-hydrogen) atoms. The predicted octanol–water partition coefficient (Wildman–Crippen LogP) is 6.24. The second-order valence-electron chi connectivity index (χ2n) is 12.2. The Morgan fingerprint density at radius 2 is 1.65 bits per heavy atom. The Balaban J connectivity index is 1.31. The molecule has 3 aliphatic rings. The molecule has 5 atom stereocenters. The van der Waals surface area contributed by atoms with Crippen LogP contribution in [0.3, 0.4) is 0 Å². The zero-order valence-corrected chi connectivity index (χ0v) is 22.3. The highest BCUT2D eigenvalue weighted by molar-refractivity contribution is 5.71. The molecule has 0 aromatic heterocycles. The first kappa shape index (κ1) is 25.6. The summed E-state index contributed by atoms with van der Waals surface area (Å²) in [5.41, 5.74) is 1.83. The highest BCUT2D eigenvalue weighted by Crippen LogP contribution is 2.59. The molecular weight excluding hydrogens is 471 g/mol. The fourth-order valence-corrected chi connectivity index (χ4v) is 6.34. The molecule has 7 heteroatoms. The van der Waals surface area contributed by atoms with Crippen LogP contribution in [-0.4, -0.2) is 40.9 Å². The van der Waals surface area contributed by atoms with Gasteiger partial charge in [0.25, 0.3) is 0 Å². The van der Waals surface area contributed by atoms with Crippen molar-refractivity contribution in [2.45, 2.75) is 77.2 Å². The van der Waals surface area contributed by atoms with Gasteiger partial charge in [-0.1, -0.05) is 36.4 Å². The third-order valence-corrected chi connectivity index (χ3v) is 8.08. The summed E-state index contributed by atoms with van der Waals surface area (Å²) in [6, 6.07) is 14.1. The first-order chi connectivity index (χ1) is 17.4. The van der Waals surface area contributed by atoms with Gasteiger partial charge in [0, 0.05) is 18.5 Å². The molecule has 0 spiro atoms. The predicted molar refractivity (Wildman–Crippen MR) is 139 cm³/mol. The number of hydrogen-bond acceptors (Lipinski definition) is 4. The van der Waals surface area contributed by atoms with Crippen LogP contribution in [0.15, 0.2) is 48.5 Å². The molecule has 0 radical (unpaired) electrons. The van der Waals surface area contributed by atoms with Crippen molar-refractivity contribution < 1.29 is 23.5 Å². The van der Waals surface area contributed by atoms with Gasteiger partial charge in [0.15, 0.2) is 0 Å². The number of carbonyl (C=O) groups is 2. The molecule has 198 valence electrons. The number of nitrogens with zero attached hydrogens (tertiary/aromatic N) is 1. The average molecular weight is 509 g/mol. The van der Waals surface area contributed by atoms with Gasteiger partial charge in [-0.25, -0.2) is 14.0 Å². The van der Waals surface area contributed by atoms with E-state index in [0.717, 1.165) is 30.4 Å². The summed E-state index contributed by atoms with van der Waals surface area (Å²) in [6.45, 7) is 10.0. The van der Waals surface area contributed by atoms with E-state index >= 15 is 0 Å². The van der Waals surface area contributed by atoms with Gasteiger partial charge in [0.2, 0.25) is 0 Å². The highest BCUT2D eigenvalue weighted by Gasteiger charge is 2.60. The van der Waals surface area contributed by atoms with Gasteiger partial charge in [-0.15, -0.1) is 0 Å². The zero-order chi connectivity index (χ0) is 26.5. The van der Waals surface area contributed by atoms with Crippen molar-refractivity contribution in [3.63, 3.8) is 0 Å². The van der Waals surface area contributed by atoms with E-state index in [9.17, 15) is 14.0 Å². The number of rotatable bonds is 4. The van der Waals surface area contributed by atoms with Crippen molar-refractivity contribution >= 4 is 12.2 Å². The van der Waals surface area contributed by atoms with E-state index in [1.165, 1.54) is 17.7 Å². The average Bonchev–Trinajstić information content (AvgIpc) is 3.52. The molecular formula is C30H37FN2O4. The summed E-state index contributed by atoms with van der Waals surface area (Å²) in [5.74, 6) is 0.641. The molecule has 2 amide bonds. The number of ether oxygens (including phenoxy) is 2. The largest absolute Gasteiger partial charge is 0.444 e. The fraction of sp³-hybridized carbons (Fsp3) is 0.533. The summed E-state index contributed by atoms with van der Waals surface area (Å²) in [5, 5.41) is 3.05. The molecule has 4 unspecified atom stereocenters. The second kappa shape index (κ2) is 9.34. The van der Waals surface area contributed by atoms with Gasteiger partial charge in [-0.05, 0) is 94.5 Å². The van der Waals surface area contributed by atoms with E-state index in [-0.39, 0.29) is 29.9 Å². The Hall–Kier alpha value is -3.09. The lowest BCUT2D eigenvalue weighted by Crippen LogP contribution is -2.47. The van der Waals surface area contributed by atoms with Crippen LogP contribution < -0.4 is 5.32 Å². The molecule has 0 saturated heterocycles. The van der Waals surface area contributed by atoms with E-state index in [2.05, 4.69) is 11.4 Å². The van der Waals surface area contributed by atoms with E-state index in [4.69, 9.17) is 9.47 Å². The van der Waals surface area contributed by atoms with Gasteiger partial charge < -0.3 is 14.8 Å². The molecule has 0 bridgehead atoms. The maximum Gasteiger partial charge on any atom is 0.411 e. The van der Waals surface area contributed by atoms with Crippen LogP contribution >= 0.6 is 0 Å². The Labute approximate surface area is 218 Å². The maximum atomic E-state index is 13.7. The van der Waals surface area contributed by atoms with Crippen molar-refractivity contribution in [1.29, 1.82) is 0 Å². The van der Waals surface area contributed by atoms with Crippen LogP contribution in [-0.2, 0) is 15.9 Å². The molecule has 2 aromatic carbocycles. The van der Waals surface area contributed by atoms with Crippen LogP contribution in [0.4, 0.5) is 14.0 Å². The number of carbonyl (C=O) groups excluding carboxylic acids is 2. The summed E-state index contributed by atoms with van der Waals surface area (Å²) in [4.78, 5) is 27.8. The first-order valence-electron chi connectivity index (χ1n) is 13.3. The maximum absolute atomic E-state index is 13.7. The smallest absolute Gasteiger partial charge is 0.411 e. The number of halogens is 1. The van der Waals surface area contributed by atoms with E-state index < -0.39 is 17.3 Å². The number of nitrogens with one attached hydrogen (secondary N) is 1. The van der Waals surface area contributed by atoms with Crippen molar-refractivity contribution in [3.05, 3.63) is 71.0 Å².